The summed E-state index contributed by atoms with van der Waals surface area (Å²) in [6.45, 7) is 3.92. The molecule has 17 heavy (non-hydrogen) atoms. The maximum absolute atomic E-state index is 11.2. The third-order valence-electron chi connectivity index (χ3n) is 2.59. The second-order valence-electron chi connectivity index (χ2n) is 4.20. The number of anilines is 1. The minimum Gasteiger partial charge on any atom is -0.392 e. The fraction of sp³-hybridized carbons (Fsp3) is 0.417. The van der Waals surface area contributed by atoms with Crippen molar-refractivity contribution in [3.8, 4) is 0 Å². The first kappa shape index (κ1) is 13.5. The maximum Gasteiger partial charge on any atom is 0.250 e. The first-order chi connectivity index (χ1) is 7.91. The molecule has 0 aliphatic rings. The van der Waals surface area contributed by atoms with Gasteiger partial charge in [-0.3, -0.25) is 4.79 Å². The number of nitrogens with two attached hydrogens (primary N) is 2. The highest BCUT2D eigenvalue weighted by Gasteiger charge is 2.12. The number of hydrogen-bond donors (Lipinski definition) is 4. The second-order valence-corrected chi connectivity index (χ2v) is 4.20. The number of primary amides is 1. The van der Waals surface area contributed by atoms with Gasteiger partial charge in [-0.15, -0.1) is 0 Å². The molecule has 5 heteroatoms. The molecule has 1 aromatic carbocycles. The third kappa shape index (κ3) is 3.72. The molecule has 0 heterocycles. The number of carbonyl (C=O) groups excluding carboxylic acids is 1. The zero-order valence-corrected chi connectivity index (χ0v) is 10.1. The first-order valence-electron chi connectivity index (χ1n) is 5.49. The molecule has 5 nitrogen and oxygen atoms in total. The van der Waals surface area contributed by atoms with Crippen LogP contribution in [0.15, 0.2) is 18.2 Å². The normalized spacial score (nSPS) is 14.1. The fourth-order valence-corrected chi connectivity index (χ4v) is 1.42. The maximum atomic E-state index is 11.2. The minimum atomic E-state index is -0.607. The van der Waals surface area contributed by atoms with Gasteiger partial charge in [0.1, 0.15) is 0 Å². The van der Waals surface area contributed by atoms with E-state index in [1.807, 2.05) is 19.1 Å². The van der Waals surface area contributed by atoms with Crippen molar-refractivity contribution in [3.63, 3.8) is 0 Å². The monoisotopic (exact) mass is 237 g/mol. The van der Waals surface area contributed by atoms with E-state index in [1.54, 1.807) is 13.0 Å². The molecule has 0 aliphatic carbocycles. The lowest BCUT2D eigenvalue weighted by Crippen LogP contribution is -2.39. The molecule has 0 aromatic heterocycles. The lowest BCUT2D eigenvalue weighted by molar-refractivity contribution is 0.100. The summed E-state index contributed by atoms with van der Waals surface area (Å²) in [7, 11) is 0. The van der Waals surface area contributed by atoms with E-state index < -0.39 is 18.1 Å². The van der Waals surface area contributed by atoms with E-state index >= 15 is 0 Å². The molecule has 1 amide bonds. The lowest BCUT2D eigenvalue weighted by atomic mass is 10.1. The van der Waals surface area contributed by atoms with E-state index in [9.17, 15) is 9.90 Å². The number of aliphatic hydroxyl groups is 1. The zero-order chi connectivity index (χ0) is 13.0. The van der Waals surface area contributed by atoms with Crippen molar-refractivity contribution >= 4 is 11.6 Å². The number of benzene rings is 1. The summed E-state index contributed by atoms with van der Waals surface area (Å²) in [5, 5.41) is 12.3. The summed E-state index contributed by atoms with van der Waals surface area (Å²) in [6, 6.07) is 4.93. The SMILES string of the molecule is Cc1ccc(C(N)=O)c(NCC(N)C(C)O)c1. The van der Waals surface area contributed by atoms with Gasteiger partial charge < -0.3 is 21.9 Å². The third-order valence-corrected chi connectivity index (χ3v) is 2.59. The Bertz CT molecular complexity index is 405. The highest BCUT2D eigenvalue weighted by Crippen LogP contribution is 2.17. The van der Waals surface area contributed by atoms with Gasteiger partial charge in [-0.2, -0.15) is 0 Å². The van der Waals surface area contributed by atoms with Gasteiger partial charge in [0.2, 0.25) is 0 Å². The molecule has 6 N–H and O–H groups in total. The van der Waals surface area contributed by atoms with E-state index in [4.69, 9.17) is 11.5 Å². The highest BCUT2D eigenvalue weighted by molar-refractivity contribution is 5.98. The molecule has 2 atom stereocenters. The van der Waals surface area contributed by atoms with Crippen LogP contribution in [0, 0.1) is 6.92 Å². The average molecular weight is 237 g/mol. The summed E-state index contributed by atoms with van der Waals surface area (Å²) < 4.78 is 0. The van der Waals surface area contributed by atoms with E-state index in [0.717, 1.165) is 5.56 Å². The average Bonchev–Trinajstić information content (AvgIpc) is 2.25. The van der Waals surface area contributed by atoms with Crippen LogP contribution in [-0.4, -0.2) is 29.7 Å². The van der Waals surface area contributed by atoms with Crippen LogP contribution in [0.2, 0.25) is 0 Å². The molecule has 2 unspecified atom stereocenters. The zero-order valence-electron chi connectivity index (χ0n) is 10.1. The van der Waals surface area contributed by atoms with Gasteiger partial charge in [-0.1, -0.05) is 6.07 Å². The first-order valence-corrected chi connectivity index (χ1v) is 5.49. The summed E-state index contributed by atoms with van der Waals surface area (Å²) in [5.41, 5.74) is 13.1. The Balaban J connectivity index is 2.82. The second kappa shape index (κ2) is 5.65. The number of rotatable bonds is 5. The standard InChI is InChI=1S/C12H19N3O2/c1-7-3-4-9(12(14)17)11(5-7)15-6-10(13)8(2)16/h3-5,8,10,15-16H,6,13H2,1-2H3,(H2,14,17). The highest BCUT2D eigenvalue weighted by atomic mass is 16.3. The molecule has 94 valence electrons. The Morgan fingerprint density at radius 3 is 2.71 bits per heavy atom. The Labute approximate surface area is 101 Å². The van der Waals surface area contributed by atoms with Crippen LogP contribution >= 0.6 is 0 Å². The topological polar surface area (TPSA) is 101 Å². The molecular weight excluding hydrogens is 218 g/mol. The van der Waals surface area contributed by atoms with E-state index in [0.29, 0.717) is 17.8 Å². The summed E-state index contributed by atoms with van der Waals surface area (Å²) in [4.78, 5) is 11.2. The van der Waals surface area contributed by atoms with E-state index in [-0.39, 0.29) is 0 Å². The number of hydrogen-bond acceptors (Lipinski definition) is 4. The molecule has 0 saturated heterocycles. The molecular formula is C12H19N3O2. The van der Waals surface area contributed by atoms with Gasteiger partial charge in [0.05, 0.1) is 11.7 Å². The molecule has 0 spiro atoms. The van der Waals surface area contributed by atoms with Gasteiger partial charge in [0.25, 0.3) is 5.91 Å². The smallest absolute Gasteiger partial charge is 0.250 e. The quantitative estimate of drug-likeness (QED) is 0.588. The molecule has 1 aromatic rings. The summed E-state index contributed by atoms with van der Waals surface area (Å²) in [6.07, 6.45) is -0.607. The molecule has 0 saturated carbocycles. The predicted molar refractivity (Wildman–Crippen MR) is 67.8 cm³/mol. The number of nitrogens with one attached hydrogen (secondary N) is 1. The number of carbonyl (C=O) groups is 1. The Hall–Kier alpha value is -1.59. The lowest BCUT2D eigenvalue weighted by Gasteiger charge is -2.17. The van der Waals surface area contributed by atoms with Crippen LogP contribution in [0.1, 0.15) is 22.8 Å². The summed E-state index contributed by atoms with van der Waals surface area (Å²) in [5.74, 6) is -0.488. The van der Waals surface area contributed by atoms with Gasteiger partial charge in [0.15, 0.2) is 0 Å². The van der Waals surface area contributed by atoms with Crippen molar-refractivity contribution in [2.75, 3.05) is 11.9 Å². The van der Waals surface area contributed by atoms with Crippen molar-refractivity contribution in [1.29, 1.82) is 0 Å². The molecule has 0 radical (unpaired) electrons. The van der Waals surface area contributed by atoms with Crippen LogP contribution in [0.25, 0.3) is 0 Å². The Morgan fingerprint density at radius 1 is 1.53 bits per heavy atom. The summed E-state index contributed by atoms with van der Waals surface area (Å²) >= 11 is 0. The predicted octanol–water partition coefficient (Wildman–Crippen LogP) is 0.214. The molecule has 0 fully saturated rings. The van der Waals surface area contributed by atoms with E-state index in [1.165, 1.54) is 0 Å². The van der Waals surface area contributed by atoms with Crippen LogP contribution in [0.4, 0.5) is 5.69 Å². The fourth-order valence-electron chi connectivity index (χ4n) is 1.42. The van der Waals surface area contributed by atoms with Crippen LogP contribution in [0.3, 0.4) is 0 Å². The molecule has 0 aliphatic heterocycles. The van der Waals surface area contributed by atoms with Crippen molar-refractivity contribution in [3.05, 3.63) is 29.3 Å². The van der Waals surface area contributed by atoms with Gasteiger partial charge >= 0.3 is 0 Å². The Kier molecular flexibility index (Phi) is 4.48. The largest absolute Gasteiger partial charge is 0.392 e. The van der Waals surface area contributed by atoms with Gasteiger partial charge in [-0.05, 0) is 31.5 Å². The van der Waals surface area contributed by atoms with Crippen molar-refractivity contribution in [1.82, 2.24) is 0 Å². The van der Waals surface area contributed by atoms with Crippen LogP contribution < -0.4 is 16.8 Å². The van der Waals surface area contributed by atoms with Crippen molar-refractivity contribution in [2.45, 2.75) is 26.0 Å². The van der Waals surface area contributed by atoms with Crippen LogP contribution in [-0.2, 0) is 0 Å². The number of amides is 1. The number of aliphatic hydroxyl groups excluding tert-OH is 1. The van der Waals surface area contributed by atoms with Gasteiger partial charge in [0, 0.05) is 18.3 Å². The van der Waals surface area contributed by atoms with Crippen molar-refractivity contribution < 1.29 is 9.90 Å². The Morgan fingerprint density at radius 2 is 2.18 bits per heavy atom. The minimum absolute atomic E-state index is 0.376. The van der Waals surface area contributed by atoms with Crippen molar-refractivity contribution in [2.24, 2.45) is 11.5 Å². The van der Waals surface area contributed by atoms with E-state index in [2.05, 4.69) is 5.32 Å². The van der Waals surface area contributed by atoms with Gasteiger partial charge in [-0.25, -0.2) is 0 Å². The van der Waals surface area contributed by atoms with Crippen LogP contribution in [0.5, 0.6) is 0 Å². The number of aryl methyl sites for hydroxylation is 1. The molecule has 1 rings (SSSR count). The molecule has 0 bridgehead atoms.